The van der Waals surface area contributed by atoms with E-state index in [0.29, 0.717) is 11.4 Å². The van der Waals surface area contributed by atoms with Crippen LogP contribution in [0.15, 0.2) is 24.3 Å². The van der Waals surface area contributed by atoms with Crippen molar-refractivity contribution in [3.8, 4) is 5.75 Å². The van der Waals surface area contributed by atoms with Crippen molar-refractivity contribution in [1.82, 2.24) is 14.8 Å². The molecule has 0 saturated heterocycles. The smallest absolute Gasteiger partial charge is 0.226 e. The first-order chi connectivity index (χ1) is 9.29. The number of benzene rings is 1. The number of para-hydroxylation sites is 1. The third-order valence-corrected chi connectivity index (χ3v) is 3.60. The fraction of sp³-hybridized carbons (Fsp3) is 0.385. The first kappa shape index (κ1) is 12.2. The van der Waals surface area contributed by atoms with Crippen molar-refractivity contribution >= 4 is 18.2 Å². The average molecular weight is 276 g/mol. The maximum atomic E-state index is 5.77. The average Bonchev–Trinajstić information content (AvgIpc) is 2.68. The van der Waals surface area contributed by atoms with Gasteiger partial charge in [0.1, 0.15) is 12.4 Å². The zero-order valence-corrected chi connectivity index (χ0v) is 11.6. The molecular weight excluding hydrogens is 260 g/mol. The molecule has 0 aliphatic carbocycles. The van der Waals surface area contributed by atoms with Gasteiger partial charge in [-0.3, -0.25) is 4.57 Å². The molecular formula is C13H16N4OS. The van der Waals surface area contributed by atoms with Crippen LogP contribution in [0, 0.1) is 4.77 Å². The molecule has 5 nitrogen and oxygen atoms in total. The summed E-state index contributed by atoms with van der Waals surface area (Å²) in [5, 5.41) is 7.20. The quantitative estimate of drug-likeness (QED) is 0.855. The van der Waals surface area contributed by atoms with Crippen molar-refractivity contribution < 1.29 is 4.74 Å². The number of H-pyrrole nitrogens is 1. The standard InChI is InChI=1S/C13H16N4OS/c1-2-17-12(14-15-13(17)19)16-7-8-18-11-6-4-3-5-10(11)9-16/h3-6H,2,7-9H2,1H3,(H,15,19). The van der Waals surface area contributed by atoms with Gasteiger partial charge in [0.05, 0.1) is 6.54 Å². The van der Waals surface area contributed by atoms with E-state index in [1.807, 2.05) is 22.8 Å². The Morgan fingerprint density at radius 1 is 1.42 bits per heavy atom. The summed E-state index contributed by atoms with van der Waals surface area (Å²) in [6, 6.07) is 8.13. The highest BCUT2D eigenvalue weighted by molar-refractivity contribution is 7.71. The predicted octanol–water partition coefficient (Wildman–Crippen LogP) is 2.36. The van der Waals surface area contributed by atoms with E-state index in [4.69, 9.17) is 17.0 Å². The van der Waals surface area contributed by atoms with Crippen molar-refractivity contribution in [3.63, 3.8) is 0 Å². The minimum atomic E-state index is 0.653. The van der Waals surface area contributed by atoms with Gasteiger partial charge in [-0.15, -0.1) is 5.10 Å². The summed E-state index contributed by atoms with van der Waals surface area (Å²) in [6.45, 7) is 5.12. The van der Waals surface area contributed by atoms with Gasteiger partial charge in [0, 0.05) is 18.7 Å². The van der Waals surface area contributed by atoms with Gasteiger partial charge in [-0.2, -0.15) is 0 Å². The molecule has 0 bridgehead atoms. The Labute approximate surface area is 116 Å². The summed E-state index contributed by atoms with van der Waals surface area (Å²) in [4.78, 5) is 2.20. The third-order valence-electron chi connectivity index (χ3n) is 3.29. The molecule has 0 atom stereocenters. The van der Waals surface area contributed by atoms with Gasteiger partial charge in [0.25, 0.3) is 0 Å². The molecule has 0 saturated carbocycles. The summed E-state index contributed by atoms with van der Waals surface area (Å²) in [5.41, 5.74) is 1.18. The summed E-state index contributed by atoms with van der Waals surface area (Å²) in [7, 11) is 0. The Kier molecular flexibility index (Phi) is 3.25. The predicted molar refractivity (Wildman–Crippen MR) is 76.1 cm³/mol. The summed E-state index contributed by atoms with van der Waals surface area (Å²) in [6.07, 6.45) is 0. The molecule has 1 aromatic heterocycles. The normalized spacial score (nSPS) is 14.7. The van der Waals surface area contributed by atoms with Crippen molar-refractivity contribution in [2.75, 3.05) is 18.1 Å². The second-order valence-electron chi connectivity index (χ2n) is 4.45. The number of fused-ring (bicyclic) bond motifs is 1. The molecule has 1 aromatic carbocycles. The number of ether oxygens (including phenoxy) is 1. The number of rotatable bonds is 2. The number of nitrogens with zero attached hydrogens (tertiary/aromatic N) is 3. The van der Waals surface area contributed by atoms with E-state index in [1.165, 1.54) is 5.56 Å². The van der Waals surface area contributed by atoms with Gasteiger partial charge >= 0.3 is 0 Å². The van der Waals surface area contributed by atoms with Crippen LogP contribution >= 0.6 is 12.2 Å². The Bertz CT molecular complexity index is 634. The fourth-order valence-electron chi connectivity index (χ4n) is 2.33. The van der Waals surface area contributed by atoms with Crippen molar-refractivity contribution in [1.29, 1.82) is 0 Å². The highest BCUT2D eigenvalue weighted by atomic mass is 32.1. The largest absolute Gasteiger partial charge is 0.491 e. The number of aromatic amines is 1. The molecule has 0 unspecified atom stereocenters. The lowest BCUT2D eigenvalue weighted by Gasteiger charge is -2.20. The van der Waals surface area contributed by atoms with Crippen LogP contribution in [0.2, 0.25) is 0 Å². The first-order valence-electron chi connectivity index (χ1n) is 6.40. The molecule has 0 amide bonds. The maximum Gasteiger partial charge on any atom is 0.226 e. The van der Waals surface area contributed by atoms with Crippen LogP contribution in [-0.2, 0) is 13.1 Å². The molecule has 19 heavy (non-hydrogen) atoms. The van der Waals surface area contributed by atoms with Crippen LogP contribution in [0.3, 0.4) is 0 Å². The van der Waals surface area contributed by atoms with Gasteiger partial charge in [0.15, 0.2) is 4.77 Å². The van der Waals surface area contributed by atoms with E-state index in [1.54, 1.807) is 0 Å². The molecule has 1 aliphatic heterocycles. The van der Waals surface area contributed by atoms with Crippen LogP contribution in [0.25, 0.3) is 0 Å². The van der Waals surface area contributed by atoms with E-state index in [2.05, 4.69) is 28.1 Å². The molecule has 6 heteroatoms. The third kappa shape index (κ3) is 2.23. The molecule has 100 valence electrons. The SMILES string of the molecule is CCn1c(N2CCOc3ccccc3C2)n[nH]c1=S. The van der Waals surface area contributed by atoms with E-state index in [0.717, 1.165) is 31.3 Å². The van der Waals surface area contributed by atoms with E-state index in [9.17, 15) is 0 Å². The lowest BCUT2D eigenvalue weighted by Crippen LogP contribution is -2.28. The number of hydrogen-bond acceptors (Lipinski definition) is 4. The van der Waals surface area contributed by atoms with Crippen LogP contribution in [0.5, 0.6) is 5.75 Å². The summed E-state index contributed by atoms with van der Waals surface area (Å²) in [5.74, 6) is 1.84. The van der Waals surface area contributed by atoms with Gasteiger partial charge in [-0.05, 0) is 25.2 Å². The minimum absolute atomic E-state index is 0.653. The Morgan fingerprint density at radius 3 is 3.11 bits per heavy atom. The van der Waals surface area contributed by atoms with E-state index in [-0.39, 0.29) is 0 Å². The van der Waals surface area contributed by atoms with Crippen molar-refractivity contribution in [3.05, 3.63) is 34.6 Å². The zero-order chi connectivity index (χ0) is 13.2. The van der Waals surface area contributed by atoms with Crippen LogP contribution in [0.4, 0.5) is 5.95 Å². The molecule has 0 fully saturated rings. The number of hydrogen-bond donors (Lipinski definition) is 1. The molecule has 1 aliphatic rings. The van der Waals surface area contributed by atoms with Gasteiger partial charge < -0.3 is 9.64 Å². The molecule has 2 aromatic rings. The van der Waals surface area contributed by atoms with Crippen LogP contribution in [0.1, 0.15) is 12.5 Å². The first-order valence-corrected chi connectivity index (χ1v) is 6.81. The Morgan fingerprint density at radius 2 is 2.26 bits per heavy atom. The minimum Gasteiger partial charge on any atom is -0.491 e. The molecule has 0 spiro atoms. The summed E-state index contributed by atoms with van der Waals surface area (Å²) < 4.78 is 8.43. The van der Waals surface area contributed by atoms with Gasteiger partial charge in [0.2, 0.25) is 5.95 Å². The van der Waals surface area contributed by atoms with Gasteiger partial charge in [-0.1, -0.05) is 18.2 Å². The van der Waals surface area contributed by atoms with E-state index >= 15 is 0 Å². The van der Waals surface area contributed by atoms with E-state index < -0.39 is 0 Å². The summed E-state index contributed by atoms with van der Waals surface area (Å²) >= 11 is 5.24. The zero-order valence-electron chi connectivity index (χ0n) is 10.8. The number of anilines is 1. The van der Waals surface area contributed by atoms with Crippen LogP contribution in [-0.4, -0.2) is 27.9 Å². The molecule has 0 radical (unpaired) electrons. The number of aromatic nitrogens is 3. The fourth-order valence-corrected chi connectivity index (χ4v) is 2.59. The highest BCUT2D eigenvalue weighted by Crippen LogP contribution is 2.25. The second kappa shape index (κ2) is 5.05. The van der Waals surface area contributed by atoms with Crippen LogP contribution < -0.4 is 9.64 Å². The van der Waals surface area contributed by atoms with Gasteiger partial charge in [-0.25, -0.2) is 5.10 Å². The Hall–Kier alpha value is -1.82. The molecule has 2 heterocycles. The lowest BCUT2D eigenvalue weighted by atomic mass is 10.2. The lowest BCUT2D eigenvalue weighted by molar-refractivity contribution is 0.331. The maximum absolute atomic E-state index is 5.77. The second-order valence-corrected chi connectivity index (χ2v) is 4.84. The number of nitrogens with one attached hydrogen (secondary N) is 1. The molecule has 3 rings (SSSR count). The van der Waals surface area contributed by atoms with Crippen molar-refractivity contribution in [2.45, 2.75) is 20.0 Å². The highest BCUT2D eigenvalue weighted by Gasteiger charge is 2.19. The monoisotopic (exact) mass is 276 g/mol. The topological polar surface area (TPSA) is 46.1 Å². The molecule has 1 N–H and O–H groups in total. The Balaban J connectivity index is 1.96. The van der Waals surface area contributed by atoms with Crippen molar-refractivity contribution in [2.24, 2.45) is 0 Å².